The predicted octanol–water partition coefficient (Wildman–Crippen LogP) is 0.755. The first-order valence-electron chi connectivity index (χ1n) is 5.14. The SMILES string of the molecule is O=C(O)CCc1nc(C(=O)O)c2c(O)cccn12. The van der Waals surface area contributed by atoms with Crippen LogP contribution in [0.15, 0.2) is 18.3 Å². The van der Waals surface area contributed by atoms with Crippen molar-refractivity contribution in [2.24, 2.45) is 0 Å². The van der Waals surface area contributed by atoms with Crippen LogP contribution in [0, 0.1) is 0 Å². The van der Waals surface area contributed by atoms with Gasteiger partial charge in [-0.1, -0.05) is 0 Å². The van der Waals surface area contributed by atoms with Crippen LogP contribution < -0.4 is 0 Å². The van der Waals surface area contributed by atoms with Crippen LogP contribution in [0.4, 0.5) is 0 Å². The molecule has 94 valence electrons. The van der Waals surface area contributed by atoms with Crippen molar-refractivity contribution < 1.29 is 24.9 Å². The van der Waals surface area contributed by atoms with Crippen LogP contribution in [0.1, 0.15) is 22.7 Å². The van der Waals surface area contributed by atoms with Gasteiger partial charge in [-0.25, -0.2) is 9.78 Å². The third-order valence-electron chi connectivity index (χ3n) is 2.48. The van der Waals surface area contributed by atoms with Crippen molar-refractivity contribution in [1.29, 1.82) is 0 Å². The molecule has 2 aromatic heterocycles. The van der Waals surface area contributed by atoms with Crippen LogP contribution in [-0.2, 0) is 11.2 Å². The predicted molar refractivity (Wildman–Crippen MR) is 59.8 cm³/mol. The number of imidazole rings is 1. The van der Waals surface area contributed by atoms with Crippen LogP contribution in [0.5, 0.6) is 5.75 Å². The smallest absolute Gasteiger partial charge is 0.356 e. The highest BCUT2D eigenvalue weighted by Gasteiger charge is 2.19. The number of aromatic nitrogens is 2. The summed E-state index contributed by atoms with van der Waals surface area (Å²) in [7, 11) is 0. The minimum atomic E-state index is -1.27. The fourth-order valence-corrected chi connectivity index (χ4v) is 1.73. The molecule has 0 aromatic carbocycles. The zero-order valence-corrected chi connectivity index (χ0v) is 9.20. The molecule has 0 aliphatic rings. The molecule has 0 atom stereocenters. The Bertz CT molecular complexity index is 632. The van der Waals surface area contributed by atoms with Crippen molar-refractivity contribution in [3.8, 4) is 5.75 Å². The van der Waals surface area contributed by atoms with E-state index in [1.807, 2.05) is 0 Å². The third kappa shape index (κ3) is 1.97. The maximum Gasteiger partial charge on any atom is 0.356 e. The fraction of sp³-hybridized carbons (Fsp3) is 0.182. The highest BCUT2D eigenvalue weighted by Crippen LogP contribution is 2.23. The molecular formula is C11H10N2O5. The molecule has 0 unspecified atom stereocenters. The Morgan fingerprint density at radius 1 is 1.33 bits per heavy atom. The molecule has 0 aliphatic heterocycles. The Balaban J connectivity index is 2.58. The second-order valence-corrected chi connectivity index (χ2v) is 3.69. The highest BCUT2D eigenvalue weighted by atomic mass is 16.4. The number of aliphatic carboxylic acids is 1. The van der Waals surface area contributed by atoms with Gasteiger partial charge in [0.2, 0.25) is 0 Å². The van der Waals surface area contributed by atoms with Gasteiger partial charge >= 0.3 is 11.9 Å². The van der Waals surface area contributed by atoms with E-state index in [1.165, 1.54) is 22.7 Å². The third-order valence-corrected chi connectivity index (χ3v) is 2.48. The Morgan fingerprint density at radius 3 is 2.67 bits per heavy atom. The van der Waals surface area contributed by atoms with E-state index >= 15 is 0 Å². The number of aryl methyl sites for hydroxylation is 1. The summed E-state index contributed by atoms with van der Waals surface area (Å²) in [5.74, 6) is -2.18. The summed E-state index contributed by atoms with van der Waals surface area (Å²) in [5.41, 5.74) is -0.209. The van der Waals surface area contributed by atoms with E-state index in [0.717, 1.165) is 0 Å². The van der Waals surface area contributed by atoms with Gasteiger partial charge in [0.25, 0.3) is 0 Å². The minimum Gasteiger partial charge on any atom is -0.506 e. The van der Waals surface area contributed by atoms with Crippen molar-refractivity contribution in [2.75, 3.05) is 0 Å². The molecule has 2 heterocycles. The second kappa shape index (κ2) is 4.36. The largest absolute Gasteiger partial charge is 0.506 e. The van der Waals surface area contributed by atoms with Crippen LogP contribution in [0.25, 0.3) is 5.52 Å². The van der Waals surface area contributed by atoms with Crippen LogP contribution in [0.2, 0.25) is 0 Å². The Labute approximate surface area is 101 Å². The number of fused-ring (bicyclic) bond motifs is 1. The van der Waals surface area contributed by atoms with Crippen LogP contribution in [0.3, 0.4) is 0 Å². The summed E-state index contributed by atoms with van der Waals surface area (Å²) in [6, 6.07) is 2.88. The van der Waals surface area contributed by atoms with Crippen molar-refractivity contribution in [1.82, 2.24) is 9.38 Å². The molecule has 0 bridgehead atoms. The molecule has 0 radical (unpaired) electrons. The molecule has 2 rings (SSSR count). The maximum absolute atomic E-state index is 11.0. The average molecular weight is 250 g/mol. The summed E-state index contributed by atoms with van der Waals surface area (Å²) in [6.45, 7) is 0. The topological polar surface area (TPSA) is 112 Å². The highest BCUT2D eigenvalue weighted by molar-refractivity contribution is 5.95. The lowest BCUT2D eigenvalue weighted by atomic mass is 10.3. The standard InChI is InChI=1S/C11H10N2O5/c14-6-2-1-5-13-7(3-4-8(15)16)12-9(10(6)13)11(17)18/h1-2,5,14H,3-4H2,(H,15,16)(H,17,18). The maximum atomic E-state index is 11.0. The number of carboxylic acid groups (broad SMARTS) is 2. The van der Waals surface area contributed by atoms with Crippen LogP contribution >= 0.6 is 0 Å². The number of carboxylic acids is 2. The van der Waals surface area contributed by atoms with Gasteiger partial charge in [0.05, 0.1) is 6.42 Å². The van der Waals surface area contributed by atoms with E-state index in [9.17, 15) is 14.7 Å². The van der Waals surface area contributed by atoms with Gasteiger partial charge in [-0.3, -0.25) is 9.20 Å². The molecule has 3 N–H and O–H groups in total. The number of nitrogens with zero attached hydrogens (tertiary/aromatic N) is 2. The Kier molecular flexibility index (Phi) is 2.88. The number of pyridine rings is 1. The number of carbonyl (C=O) groups is 2. The quantitative estimate of drug-likeness (QED) is 0.738. The number of hydrogen-bond donors (Lipinski definition) is 3. The van der Waals surface area contributed by atoms with E-state index < -0.39 is 11.9 Å². The lowest BCUT2D eigenvalue weighted by Crippen LogP contribution is -2.01. The first kappa shape index (κ1) is 11.9. The zero-order chi connectivity index (χ0) is 13.3. The van der Waals surface area contributed by atoms with Crippen LogP contribution in [-0.4, -0.2) is 36.6 Å². The van der Waals surface area contributed by atoms with Gasteiger partial charge in [-0.05, 0) is 12.1 Å². The van der Waals surface area contributed by atoms with Gasteiger partial charge in [0.1, 0.15) is 17.1 Å². The van der Waals surface area contributed by atoms with Crippen molar-refractivity contribution in [3.05, 3.63) is 29.8 Å². The van der Waals surface area contributed by atoms with Crippen molar-refractivity contribution >= 4 is 17.5 Å². The summed E-state index contributed by atoms with van der Waals surface area (Å²) < 4.78 is 1.39. The number of aromatic carboxylic acids is 1. The fourth-order valence-electron chi connectivity index (χ4n) is 1.73. The van der Waals surface area contributed by atoms with Gasteiger partial charge < -0.3 is 15.3 Å². The van der Waals surface area contributed by atoms with E-state index in [4.69, 9.17) is 10.2 Å². The first-order valence-corrected chi connectivity index (χ1v) is 5.14. The minimum absolute atomic E-state index is 0.0744. The second-order valence-electron chi connectivity index (χ2n) is 3.69. The molecule has 18 heavy (non-hydrogen) atoms. The summed E-state index contributed by atoms with van der Waals surface area (Å²) in [4.78, 5) is 25.4. The van der Waals surface area contributed by atoms with E-state index in [0.29, 0.717) is 5.82 Å². The number of aromatic hydroxyl groups is 1. The van der Waals surface area contributed by atoms with Gasteiger partial charge in [-0.2, -0.15) is 0 Å². The molecule has 0 saturated carbocycles. The summed E-state index contributed by atoms with van der Waals surface area (Å²) >= 11 is 0. The molecule has 7 nitrogen and oxygen atoms in total. The number of rotatable bonds is 4. The molecule has 7 heteroatoms. The molecule has 0 spiro atoms. The van der Waals surface area contributed by atoms with Crippen molar-refractivity contribution in [3.63, 3.8) is 0 Å². The van der Waals surface area contributed by atoms with Gasteiger partial charge in [-0.15, -0.1) is 0 Å². The van der Waals surface area contributed by atoms with Crippen molar-refractivity contribution in [2.45, 2.75) is 12.8 Å². The normalized spacial score (nSPS) is 10.7. The monoisotopic (exact) mass is 250 g/mol. The molecular weight excluding hydrogens is 240 g/mol. The lowest BCUT2D eigenvalue weighted by molar-refractivity contribution is -0.137. The molecule has 2 aromatic rings. The molecule has 0 aliphatic carbocycles. The Morgan fingerprint density at radius 2 is 2.06 bits per heavy atom. The molecule has 0 amide bonds. The average Bonchev–Trinajstić information content (AvgIpc) is 2.67. The summed E-state index contributed by atoms with van der Waals surface area (Å²) in [6.07, 6.45) is 1.47. The van der Waals surface area contributed by atoms with E-state index in [-0.39, 0.29) is 29.8 Å². The number of hydrogen-bond acceptors (Lipinski definition) is 4. The summed E-state index contributed by atoms with van der Waals surface area (Å²) in [5, 5.41) is 27.3. The molecule has 0 fully saturated rings. The zero-order valence-electron chi connectivity index (χ0n) is 9.20. The van der Waals surface area contributed by atoms with Gasteiger partial charge in [0, 0.05) is 12.6 Å². The Hall–Kier alpha value is -2.57. The van der Waals surface area contributed by atoms with E-state index in [2.05, 4.69) is 4.98 Å². The first-order chi connectivity index (χ1) is 8.50. The van der Waals surface area contributed by atoms with E-state index in [1.54, 1.807) is 0 Å². The molecule has 0 saturated heterocycles. The van der Waals surface area contributed by atoms with Gasteiger partial charge in [0.15, 0.2) is 5.69 Å². The lowest BCUT2D eigenvalue weighted by Gasteiger charge is -2.00.